The van der Waals surface area contributed by atoms with Crippen molar-refractivity contribution in [3.8, 4) is 0 Å². The van der Waals surface area contributed by atoms with Crippen molar-refractivity contribution in [2.24, 2.45) is 0 Å². The Kier molecular flexibility index (Phi) is 4.13. The number of aliphatic hydroxyl groups is 1. The van der Waals surface area contributed by atoms with Gasteiger partial charge in [0, 0.05) is 24.7 Å². The van der Waals surface area contributed by atoms with Gasteiger partial charge < -0.3 is 9.84 Å². The van der Waals surface area contributed by atoms with E-state index in [1.54, 1.807) is 12.1 Å². The number of β-amino-alcohol motifs (C(OH)–C–C–N with tert-alkyl or cyclic N) is 1. The number of esters is 1. The fourth-order valence-corrected chi connectivity index (χ4v) is 2.58. The lowest BCUT2D eigenvalue weighted by Crippen LogP contribution is -2.29. The van der Waals surface area contributed by atoms with Gasteiger partial charge >= 0.3 is 5.97 Å². The summed E-state index contributed by atoms with van der Waals surface area (Å²) in [4.78, 5) is 13.5. The average Bonchev–Trinajstić information content (AvgIpc) is 2.70. The van der Waals surface area contributed by atoms with E-state index >= 15 is 0 Å². The SMILES string of the molecule is COC(=O)c1ccc(CN2CC[C@](C)(O)C2)c(Cl)c1. The van der Waals surface area contributed by atoms with Crippen LogP contribution in [0.15, 0.2) is 18.2 Å². The molecule has 1 aliphatic heterocycles. The Labute approximate surface area is 117 Å². The van der Waals surface area contributed by atoms with E-state index in [4.69, 9.17) is 11.6 Å². The molecule has 1 aromatic carbocycles. The number of ether oxygens (including phenoxy) is 1. The molecular weight excluding hydrogens is 266 g/mol. The molecule has 104 valence electrons. The van der Waals surface area contributed by atoms with E-state index in [1.807, 2.05) is 13.0 Å². The van der Waals surface area contributed by atoms with Gasteiger partial charge in [-0.15, -0.1) is 0 Å². The smallest absolute Gasteiger partial charge is 0.337 e. The second-order valence-electron chi connectivity index (χ2n) is 5.26. The number of methoxy groups -OCH3 is 1. The summed E-state index contributed by atoms with van der Waals surface area (Å²) in [6, 6.07) is 5.17. The number of hydrogen-bond donors (Lipinski definition) is 1. The molecule has 0 aromatic heterocycles. The van der Waals surface area contributed by atoms with Crippen LogP contribution >= 0.6 is 11.6 Å². The lowest BCUT2D eigenvalue weighted by atomic mass is 10.1. The molecule has 0 bridgehead atoms. The van der Waals surface area contributed by atoms with Crippen molar-refractivity contribution in [1.82, 2.24) is 4.90 Å². The fraction of sp³-hybridized carbons (Fsp3) is 0.500. The van der Waals surface area contributed by atoms with E-state index < -0.39 is 11.6 Å². The Morgan fingerprint density at radius 2 is 2.32 bits per heavy atom. The Morgan fingerprint density at radius 1 is 1.58 bits per heavy atom. The van der Waals surface area contributed by atoms with Crippen LogP contribution < -0.4 is 0 Å². The number of benzene rings is 1. The van der Waals surface area contributed by atoms with Gasteiger partial charge in [0.2, 0.25) is 0 Å². The highest BCUT2D eigenvalue weighted by atomic mass is 35.5. The Bertz CT molecular complexity index is 488. The van der Waals surface area contributed by atoms with Crippen molar-refractivity contribution in [1.29, 1.82) is 0 Å². The first-order valence-corrected chi connectivity index (χ1v) is 6.60. The molecule has 0 radical (unpaired) electrons. The third-order valence-corrected chi connectivity index (χ3v) is 3.75. The highest BCUT2D eigenvalue weighted by Gasteiger charge is 2.31. The van der Waals surface area contributed by atoms with Gasteiger partial charge in [-0.3, -0.25) is 4.90 Å². The lowest BCUT2D eigenvalue weighted by molar-refractivity contribution is 0.0600. The molecular formula is C14H18ClNO3. The standard InChI is InChI=1S/C14H18ClNO3/c1-14(18)5-6-16(9-14)8-11-4-3-10(7-12(11)15)13(17)19-2/h3-4,7,18H,5-6,8-9H2,1-2H3/t14-/m0/s1. The van der Waals surface area contributed by atoms with Gasteiger partial charge in [-0.1, -0.05) is 17.7 Å². The number of nitrogens with zero attached hydrogens (tertiary/aromatic N) is 1. The number of likely N-dealkylation sites (tertiary alicyclic amines) is 1. The summed E-state index contributed by atoms with van der Waals surface area (Å²) in [6.45, 7) is 4.01. The van der Waals surface area contributed by atoms with E-state index in [0.29, 0.717) is 23.7 Å². The van der Waals surface area contributed by atoms with Gasteiger partial charge in [-0.2, -0.15) is 0 Å². The van der Waals surface area contributed by atoms with Crippen molar-refractivity contribution in [3.05, 3.63) is 34.3 Å². The third-order valence-electron chi connectivity index (χ3n) is 3.40. The van der Waals surface area contributed by atoms with E-state index in [1.165, 1.54) is 7.11 Å². The Balaban J connectivity index is 2.08. The van der Waals surface area contributed by atoms with Crippen molar-refractivity contribution in [3.63, 3.8) is 0 Å². The quantitative estimate of drug-likeness (QED) is 0.863. The van der Waals surface area contributed by atoms with Crippen LogP contribution in [0.25, 0.3) is 0 Å². The molecule has 2 rings (SSSR count). The number of carbonyl (C=O) groups excluding carboxylic acids is 1. The van der Waals surface area contributed by atoms with E-state index in [-0.39, 0.29) is 0 Å². The largest absolute Gasteiger partial charge is 0.465 e. The van der Waals surface area contributed by atoms with Gasteiger partial charge in [0.25, 0.3) is 0 Å². The van der Waals surface area contributed by atoms with Crippen molar-refractivity contribution < 1.29 is 14.6 Å². The summed E-state index contributed by atoms with van der Waals surface area (Å²) in [5.74, 6) is -0.391. The molecule has 0 spiro atoms. The molecule has 5 heteroatoms. The summed E-state index contributed by atoms with van der Waals surface area (Å²) < 4.78 is 4.65. The Morgan fingerprint density at radius 3 is 2.84 bits per heavy atom. The van der Waals surface area contributed by atoms with Crippen LogP contribution in [0.1, 0.15) is 29.3 Å². The molecule has 1 fully saturated rings. The van der Waals surface area contributed by atoms with Crippen molar-refractivity contribution in [2.45, 2.75) is 25.5 Å². The van der Waals surface area contributed by atoms with Gasteiger partial charge in [0.05, 0.1) is 18.3 Å². The van der Waals surface area contributed by atoms with Crippen molar-refractivity contribution in [2.75, 3.05) is 20.2 Å². The van der Waals surface area contributed by atoms with Gasteiger partial charge in [-0.25, -0.2) is 4.79 Å². The van der Waals surface area contributed by atoms with Gasteiger partial charge in [0.15, 0.2) is 0 Å². The molecule has 1 aliphatic rings. The zero-order valence-corrected chi connectivity index (χ0v) is 11.9. The van der Waals surface area contributed by atoms with Crippen LogP contribution in [0.3, 0.4) is 0 Å². The number of rotatable bonds is 3. The highest BCUT2D eigenvalue weighted by Crippen LogP contribution is 2.25. The minimum atomic E-state index is -0.613. The van der Waals surface area contributed by atoms with Crippen molar-refractivity contribution >= 4 is 17.6 Å². The average molecular weight is 284 g/mol. The normalized spacial score (nSPS) is 23.6. The number of halogens is 1. The zero-order valence-electron chi connectivity index (χ0n) is 11.1. The van der Waals surface area contributed by atoms with Crippen LogP contribution in [0.2, 0.25) is 5.02 Å². The first-order valence-electron chi connectivity index (χ1n) is 6.23. The monoisotopic (exact) mass is 283 g/mol. The van der Waals surface area contributed by atoms with Crippen LogP contribution in [-0.4, -0.2) is 41.8 Å². The van der Waals surface area contributed by atoms with E-state index in [9.17, 15) is 9.90 Å². The van der Waals surface area contributed by atoms with Crippen LogP contribution in [0, 0.1) is 0 Å². The predicted molar refractivity (Wildman–Crippen MR) is 73.3 cm³/mol. The van der Waals surface area contributed by atoms with Gasteiger partial charge in [-0.05, 0) is 31.0 Å². The molecule has 1 atom stereocenters. The molecule has 1 N–H and O–H groups in total. The summed E-state index contributed by atoms with van der Waals surface area (Å²) in [6.07, 6.45) is 0.769. The maximum Gasteiger partial charge on any atom is 0.337 e. The third kappa shape index (κ3) is 3.47. The summed E-state index contributed by atoms with van der Waals surface area (Å²) in [5.41, 5.74) is 0.787. The molecule has 1 heterocycles. The predicted octanol–water partition coefficient (Wildman–Crippen LogP) is 2.08. The van der Waals surface area contributed by atoms with Crippen LogP contribution in [0.4, 0.5) is 0 Å². The fourth-order valence-electron chi connectivity index (χ4n) is 2.34. The molecule has 1 aromatic rings. The van der Waals surface area contributed by atoms with Gasteiger partial charge in [0.1, 0.15) is 0 Å². The molecule has 1 saturated heterocycles. The maximum absolute atomic E-state index is 11.4. The zero-order chi connectivity index (χ0) is 14.0. The Hall–Kier alpha value is -1.10. The molecule has 19 heavy (non-hydrogen) atoms. The van der Waals surface area contributed by atoms with E-state index in [0.717, 1.165) is 18.5 Å². The summed E-state index contributed by atoms with van der Waals surface area (Å²) >= 11 is 6.18. The first kappa shape index (κ1) is 14.3. The van der Waals surface area contributed by atoms with Crippen LogP contribution in [0.5, 0.6) is 0 Å². The molecule has 0 aliphatic carbocycles. The number of hydrogen-bond acceptors (Lipinski definition) is 4. The summed E-state index contributed by atoms with van der Waals surface area (Å²) in [5, 5.41) is 10.5. The molecule has 0 unspecified atom stereocenters. The lowest BCUT2D eigenvalue weighted by Gasteiger charge is -2.19. The maximum atomic E-state index is 11.4. The summed E-state index contributed by atoms with van der Waals surface area (Å²) in [7, 11) is 1.34. The minimum absolute atomic E-state index is 0.391. The van der Waals surface area contributed by atoms with Crippen LogP contribution in [-0.2, 0) is 11.3 Å². The van der Waals surface area contributed by atoms with E-state index in [2.05, 4.69) is 9.64 Å². The second kappa shape index (κ2) is 5.49. The molecule has 0 amide bonds. The molecule has 0 saturated carbocycles. The first-order chi connectivity index (χ1) is 8.91. The highest BCUT2D eigenvalue weighted by molar-refractivity contribution is 6.31. The second-order valence-corrected chi connectivity index (χ2v) is 5.66. The minimum Gasteiger partial charge on any atom is -0.465 e. The topological polar surface area (TPSA) is 49.8 Å². The number of carbonyl (C=O) groups is 1. The molecule has 4 nitrogen and oxygen atoms in total.